The lowest BCUT2D eigenvalue weighted by Gasteiger charge is -2.14. The van der Waals surface area contributed by atoms with Crippen molar-refractivity contribution in [2.45, 2.75) is 6.92 Å². The van der Waals surface area contributed by atoms with Crippen LogP contribution in [0.2, 0.25) is 0 Å². The van der Waals surface area contributed by atoms with Crippen LogP contribution in [0.5, 0.6) is 0 Å². The van der Waals surface area contributed by atoms with Crippen molar-refractivity contribution in [1.82, 2.24) is 0 Å². The zero-order valence-electron chi connectivity index (χ0n) is 10.2. The summed E-state index contributed by atoms with van der Waals surface area (Å²) in [5.41, 5.74) is 2.70. The summed E-state index contributed by atoms with van der Waals surface area (Å²) in [6.45, 7) is 1.99. The van der Waals surface area contributed by atoms with Crippen molar-refractivity contribution in [2.24, 2.45) is 0 Å². The highest BCUT2D eigenvalue weighted by Gasteiger charge is 2.36. The molecule has 94 valence electrons. The molecule has 2 aromatic carbocycles. The number of hydrogen-bond donors (Lipinski definition) is 0. The van der Waals surface area contributed by atoms with Crippen LogP contribution < -0.4 is 4.90 Å². The lowest BCUT2D eigenvalue weighted by Crippen LogP contribution is -2.29. The van der Waals surface area contributed by atoms with Gasteiger partial charge in [0, 0.05) is 3.57 Å². The Morgan fingerprint density at radius 1 is 0.947 bits per heavy atom. The van der Waals surface area contributed by atoms with Crippen LogP contribution >= 0.6 is 22.6 Å². The van der Waals surface area contributed by atoms with Gasteiger partial charge in [-0.2, -0.15) is 0 Å². The normalized spacial score (nSPS) is 13.9. The zero-order chi connectivity index (χ0) is 13.6. The van der Waals surface area contributed by atoms with Gasteiger partial charge < -0.3 is 0 Å². The zero-order valence-corrected chi connectivity index (χ0v) is 12.3. The van der Waals surface area contributed by atoms with Crippen molar-refractivity contribution in [1.29, 1.82) is 0 Å². The minimum absolute atomic E-state index is 0.250. The van der Waals surface area contributed by atoms with E-state index in [-0.39, 0.29) is 11.8 Å². The number of hydrogen-bond acceptors (Lipinski definition) is 2. The molecule has 3 rings (SSSR count). The molecular formula is C15H10INO2. The number of carbonyl (C=O) groups excluding carboxylic acids is 2. The molecule has 0 radical (unpaired) electrons. The molecular weight excluding hydrogens is 353 g/mol. The maximum atomic E-state index is 12.3. The van der Waals surface area contributed by atoms with Crippen molar-refractivity contribution in [2.75, 3.05) is 4.90 Å². The number of carbonyl (C=O) groups is 2. The predicted octanol–water partition coefficient (Wildman–Crippen LogP) is 3.40. The third-order valence-electron chi connectivity index (χ3n) is 3.21. The first-order valence-corrected chi connectivity index (χ1v) is 6.91. The highest BCUT2D eigenvalue weighted by Crippen LogP contribution is 2.29. The molecule has 0 bridgehead atoms. The molecule has 1 aliphatic rings. The molecule has 0 N–H and O–H groups in total. The number of benzene rings is 2. The second kappa shape index (κ2) is 4.45. The average Bonchev–Trinajstić information content (AvgIpc) is 2.66. The summed E-state index contributed by atoms with van der Waals surface area (Å²) in [5.74, 6) is -0.500. The summed E-state index contributed by atoms with van der Waals surface area (Å²) in [5, 5.41) is 0. The van der Waals surface area contributed by atoms with E-state index in [0.717, 1.165) is 9.13 Å². The molecule has 4 heteroatoms. The maximum Gasteiger partial charge on any atom is 0.266 e. The van der Waals surface area contributed by atoms with E-state index >= 15 is 0 Å². The third kappa shape index (κ3) is 1.87. The predicted molar refractivity (Wildman–Crippen MR) is 81.5 cm³/mol. The average molecular weight is 363 g/mol. The fraction of sp³-hybridized carbons (Fsp3) is 0.0667. The Morgan fingerprint density at radius 3 is 2.05 bits per heavy atom. The van der Waals surface area contributed by atoms with Crippen LogP contribution in [0.4, 0.5) is 5.69 Å². The Kier molecular flexibility index (Phi) is 2.89. The Hall–Kier alpha value is -1.69. The molecule has 0 saturated carbocycles. The van der Waals surface area contributed by atoms with Gasteiger partial charge in [-0.15, -0.1) is 0 Å². The molecule has 0 spiro atoms. The molecule has 3 nitrogen and oxygen atoms in total. The second-order valence-corrected chi connectivity index (χ2v) is 5.59. The summed E-state index contributed by atoms with van der Waals surface area (Å²) in [6.07, 6.45) is 0. The first-order chi connectivity index (χ1) is 9.09. The molecule has 1 heterocycles. The van der Waals surface area contributed by atoms with E-state index in [4.69, 9.17) is 0 Å². The standard InChI is InChI=1S/C15H10INO2/c1-9-6-7-10(8-13(9)16)17-14(18)11-4-2-3-5-12(11)15(17)19/h2-8H,1H3. The third-order valence-corrected chi connectivity index (χ3v) is 4.37. The SMILES string of the molecule is Cc1ccc(N2C(=O)c3ccccc3C2=O)cc1I. The number of halogens is 1. The van der Waals surface area contributed by atoms with Crippen molar-refractivity contribution >= 4 is 40.1 Å². The number of fused-ring (bicyclic) bond motifs is 1. The topological polar surface area (TPSA) is 37.4 Å². The van der Waals surface area contributed by atoms with Crippen molar-refractivity contribution < 1.29 is 9.59 Å². The summed E-state index contributed by atoms with van der Waals surface area (Å²) in [4.78, 5) is 25.9. The number of nitrogens with zero attached hydrogens (tertiary/aromatic N) is 1. The molecule has 0 aliphatic carbocycles. The van der Waals surface area contributed by atoms with Gasteiger partial charge in [-0.3, -0.25) is 9.59 Å². The van der Waals surface area contributed by atoms with Crippen molar-refractivity contribution in [3.63, 3.8) is 0 Å². The summed E-state index contributed by atoms with van der Waals surface area (Å²) in [7, 11) is 0. The van der Waals surface area contributed by atoms with Gasteiger partial charge in [0.1, 0.15) is 0 Å². The van der Waals surface area contributed by atoms with Crippen LogP contribution in [0.25, 0.3) is 0 Å². The molecule has 0 aromatic heterocycles. The van der Waals surface area contributed by atoms with Crippen LogP contribution in [0.3, 0.4) is 0 Å². The minimum atomic E-state index is -0.250. The van der Waals surface area contributed by atoms with Crippen LogP contribution in [0.1, 0.15) is 26.3 Å². The van der Waals surface area contributed by atoms with Crippen LogP contribution in [0, 0.1) is 10.5 Å². The molecule has 1 aliphatic heterocycles. The Morgan fingerprint density at radius 2 is 1.53 bits per heavy atom. The number of anilines is 1. The van der Waals surface area contributed by atoms with E-state index in [1.807, 2.05) is 19.1 Å². The van der Waals surface area contributed by atoms with Crippen LogP contribution in [-0.4, -0.2) is 11.8 Å². The Labute approximate surface area is 124 Å². The summed E-state index contributed by atoms with van der Waals surface area (Å²) >= 11 is 2.20. The van der Waals surface area contributed by atoms with Gasteiger partial charge in [0.2, 0.25) is 0 Å². The fourth-order valence-electron chi connectivity index (χ4n) is 2.14. The highest BCUT2D eigenvalue weighted by molar-refractivity contribution is 14.1. The molecule has 2 amide bonds. The van der Waals surface area contributed by atoms with Crippen molar-refractivity contribution in [3.8, 4) is 0 Å². The largest absolute Gasteiger partial charge is 0.268 e. The first-order valence-electron chi connectivity index (χ1n) is 5.83. The summed E-state index contributed by atoms with van der Waals surface area (Å²) in [6, 6.07) is 12.5. The van der Waals surface area contributed by atoms with Gasteiger partial charge in [-0.1, -0.05) is 18.2 Å². The van der Waals surface area contributed by atoms with E-state index in [1.165, 1.54) is 4.90 Å². The monoisotopic (exact) mass is 363 g/mol. The van der Waals surface area contributed by atoms with Gasteiger partial charge in [0.15, 0.2) is 0 Å². The quantitative estimate of drug-likeness (QED) is 0.575. The lowest BCUT2D eigenvalue weighted by atomic mass is 10.1. The van der Waals surface area contributed by atoms with E-state index < -0.39 is 0 Å². The van der Waals surface area contributed by atoms with Gasteiger partial charge in [-0.25, -0.2) is 4.90 Å². The lowest BCUT2D eigenvalue weighted by molar-refractivity contribution is 0.0926. The molecule has 0 atom stereocenters. The Balaban J connectivity index is 2.11. The first kappa shape index (κ1) is 12.3. The number of aryl methyl sites for hydroxylation is 1. The van der Waals surface area contributed by atoms with E-state index in [2.05, 4.69) is 22.6 Å². The molecule has 0 saturated heterocycles. The number of rotatable bonds is 1. The summed E-state index contributed by atoms with van der Waals surface area (Å²) < 4.78 is 1.03. The smallest absolute Gasteiger partial charge is 0.266 e. The molecule has 19 heavy (non-hydrogen) atoms. The van der Waals surface area contributed by atoms with Gasteiger partial charge in [0.05, 0.1) is 16.8 Å². The highest BCUT2D eigenvalue weighted by atomic mass is 127. The van der Waals surface area contributed by atoms with E-state index in [9.17, 15) is 9.59 Å². The molecule has 0 unspecified atom stereocenters. The second-order valence-electron chi connectivity index (χ2n) is 4.42. The van der Waals surface area contributed by atoms with Crippen LogP contribution in [0.15, 0.2) is 42.5 Å². The van der Waals surface area contributed by atoms with Crippen LogP contribution in [-0.2, 0) is 0 Å². The minimum Gasteiger partial charge on any atom is -0.268 e. The van der Waals surface area contributed by atoms with Gasteiger partial charge >= 0.3 is 0 Å². The Bertz CT molecular complexity index is 674. The van der Waals surface area contributed by atoms with Gasteiger partial charge in [-0.05, 0) is 59.3 Å². The fourth-order valence-corrected chi connectivity index (χ4v) is 2.64. The molecule has 2 aromatic rings. The maximum absolute atomic E-state index is 12.3. The number of imide groups is 1. The molecule has 0 fully saturated rings. The number of amides is 2. The van der Waals surface area contributed by atoms with E-state index in [0.29, 0.717) is 16.8 Å². The van der Waals surface area contributed by atoms with E-state index in [1.54, 1.807) is 30.3 Å². The van der Waals surface area contributed by atoms with Gasteiger partial charge in [0.25, 0.3) is 11.8 Å². The van der Waals surface area contributed by atoms with Crippen molar-refractivity contribution in [3.05, 3.63) is 62.7 Å².